The Kier molecular flexibility index (Phi) is 14.9. The van der Waals surface area contributed by atoms with E-state index in [1.54, 1.807) is 13.8 Å². The lowest BCUT2D eigenvalue weighted by Crippen LogP contribution is -2.10. The molecule has 0 spiro atoms. The van der Waals surface area contributed by atoms with Crippen LogP contribution in [0.25, 0.3) is 33.4 Å². The second-order valence-corrected chi connectivity index (χ2v) is 13.3. The van der Waals surface area contributed by atoms with E-state index in [1.807, 2.05) is 146 Å². The largest absolute Gasteiger partial charge is 0.493 e. The number of ether oxygens (including phenoxy) is 6. The molecule has 0 saturated carbocycles. The SMILES string of the molecule is CC(=COc1ccc(-c2ccccc2)cc1)C(=O)OCCCOc1ccc(-c2ccccc2OCCCOC(=O)C(C)=COc2ccc(-c3ccccc3)cc2)cc1. The van der Waals surface area contributed by atoms with Gasteiger partial charge in [0.1, 0.15) is 35.5 Å². The predicted octanol–water partition coefficient (Wildman–Crippen LogP) is 11.3. The lowest BCUT2D eigenvalue weighted by Gasteiger charge is -2.13. The molecule has 0 atom stereocenters. The zero-order chi connectivity index (χ0) is 40.4. The highest BCUT2D eigenvalue weighted by atomic mass is 16.5. The third kappa shape index (κ3) is 12.2. The molecule has 0 bridgehead atoms. The summed E-state index contributed by atoms with van der Waals surface area (Å²) in [7, 11) is 0. The summed E-state index contributed by atoms with van der Waals surface area (Å²) >= 11 is 0. The van der Waals surface area contributed by atoms with Gasteiger partial charge in [-0.25, -0.2) is 9.59 Å². The van der Waals surface area contributed by atoms with E-state index in [-0.39, 0.29) is 13.2 Å². The first-order valence-electron chi connectivity index (χ1n) is 19.2. The Hall–Kier alpha value is -7.06. The maximum absolute atomic E-state index is 12.5. The van der Waals surface area contributed by atoms with E-state index >= 15 is 0 Å². The maximum atomic E-state index is 12.5. The maximum Gasteiger partial charge on any atom is 0.336 e. The Morgan fingerprint density at radius 2 is 0.810 bits per heavy atom. The van der Waals surface area contributed by atoms with Crippen LogP contribution in [0.4, 0.5) is 0 Å². The van der Waals surface area contributed by atoms with Crippen LogP contribution < -0.4 is 18.9 Å². The van der Waals surface area contributed by atoms with E-state index in [1.165, 1.54) is 12.5 Å². The predicted molar refractivity (Wildman–Crippen MR) is 227 cm³/mol. The van der Waals surface area contributed by atoms with Gasteiger partial charge in [0.25, 0.3) is 0 Å². The van der Waals surface area contributed by atoms with Crippen molar-refractivity contribution < 1.29 is 38.0 Å². The van der Waals surface area contributed by atoms with Gasteiger partial charge in [0, 0.05) is 18.4 Å². The smallest absolute Gasteiger partial charge is 0.336 e. The van der Waals surface area contributed by atoms with Crippen molar-refractivity contribution in [1.82, 2.24) is 0 Å². The highest BCUT2D eigenvalue weighted by Crippen LogP contribution is 2.31. The Bertz CT molecular complexity index is 2260. The highest BCUT2D eigenvalue weighted by Gasteiger charge is 2.10. The standard InChI is InChI=1S/C50H46O8/c1-37(35-57-45-25-19-41(20-26-45)39-13-5-3-6-14-39)49(51)55-33-11-31-53-44-29-23-43(24-30-44)47-17-9-10-18-48(47)54-32-12-34-56-50(52)38(2)36-58-46-27-21-42(22-28-46)40-15-7-4-8-16-40/h3-10,13-30,35-36H,11-12,31-34H2,1-2H3. The molecule has 0 N–H and O–H groups in total. The topological polar surface area (TPSA) is 89.5 Å². The van der Waals surface area contributed by atoms with Crippen molar-refractivity contribution in [1.29, 1.82) is 0 Å². The molecule has 0 aliphatic rings. The lowest BCUT2D eigenvalue weighted by molar-refractivity contribution is -0.140. The first kappa shape index (κ1) is 40.6. The first-order chi connectivity index (χ1) is 28.4. The average Bonchev–Trinajstić information content (AvgIpc) is 3.28. The van der Waals surface area contributed by atoms with Gasteiger partial charge in [-0.1, -0.05) is 115 Å². The van der Waals surface area contributed by atoms with Crippen LogP contribution in [0.3, 0.4) is 0 Å². The summed E-state index contributed by atoms with van der Waals surface area (Å²) in [4.78, 5) is 24.9. The zero-order valence-corrected chi connectivity index (χ0v) is 32.7. The normalized spacial score (nSPS) is 11.3. The summed E-state index contributed by atoms with van der Waals surface area (Å²) in [5.74, 6) is 1.80. The van der Waals surface area contributed by atoms with Gasteiger partial charge in [-0.05, 0) is 84.1 Å². The fraction of sp³-hybridized carbons (Fsp3) is 0.160. The van der Waals surface area contributed by atoms with E-state index in [2.05, 4.69) is 12.1 Å². The van der Waals surface area contributed by atoms with Crippen LogP contribution in [0.5, 0.6) is 23.0 Å². The van der Waals surface area contributed by atoms with Gasteiger partial charge < -0.3 is 28.4 Å². The fourth-order valence-corrected chi connectivity index (χ4v) is 5.73. The molecule has 8 heteroatoms. The summed E-state index contributed by atoms with van der Waals surface area (Å²) in [6, 6.07) is 51.0. The minimum Gasteiger partial charge on any atom is -0.493 e. The Labute approximate surface area is 339 Å². The van der Waals surface area contributed by atoms with Crippen molar-refractivity contribution in [2.75, 3.05) is 26.4 Å². The van der Waals surface area contributed by atoms with Crippen molar-refractivity contribution in [2.45, 2.75) is 26.7 Å². The van der Waals surface area contributed by atoms with Gasteiger partial charge in [0.2, 0.25) is 0 Å². The molecule has 0 radical (unpaired) electrons. The number of para-hydroxylation sites is 1. The zero-order valence-electron chi connectivity index (χ0n) is 32.7. The third-order valence-corrected chi connectivity index (χ3v) is 8.93. The molecule has 0 amide bonds. The van der Waals surface area contributed by atoms with Gasteiger partial charge in [-0.2, -0.15) is 0 Å². The number of carbonyl (C=O) groups is 2. The Balaban J connectivity index is 0.862. The third-order valence-electron chi connectivity index (χ3n) is 8.93. The number of hydrogen-bond donors (Lipinski definition) is 0. The van der Waals surface area contributed by atoms with Gasteiger partial charge in [0.15, 0.2) is 0 Å². The van der Waals surface area contributed by atoms with Crippen molar-refractivity contribution >= 4 is 11.9 Å². The molecule has 0 fully saturated rings. The second kappa shape index (κ2) is 21.3. The quantitative estimate of drug-likeness (QED) is 0.0348. The minimum absolute atomic E-state index is 0.207. The van der Waals surface area contributed by atoms with Crippen molar-refractivity contribution in [2.24, 2.45) is 0 Å². The molecule has 0 aliphatic heterocycles. The monoisotopic (exact) mass is 774 g/mol. The average molecular weight is 775 g/mol. The number of rotatable bonds is 19. The van der Waals surface area contributed by atoms with E-state index in [9.17, 15) is 9.59 Å². The van der Waals surface area contributed by atoms with Gasteiger partial charge in [0.05, 0.1) is 37.6 Å². The summed E-state index contributed by atoms with van der Waals surface area (Å²) in [6.45, 7) is 4.49. The van der Waals surface area contributed by atoms with Crippen LogP contribution in [-0.2, 0) is 19.1 Å². The van der Waals surface area contributed by atoms with Gasteiger partial charge in [-0.15, -0.1) is 0 Å². The fourth-order valence-electron chi connectivity index (χ4n) is 5.73. The van der Waals surface area contributed by atoms with Crippen LogP contribution >= 0.6 is 0 Å². The van der Waals surface area contributed by atoms with E-state index in [0.29, 0.717) is 54.5 Å². The van der Waals surface area contributed by atoms with E-state index < -0.39 is 11.9 Å². The van der Waals surface area contributed by atoms with Gasteiger partial charge in [-0.3, -0.25) is 0 Å². The number of carbonyl (C=O) groups excluding carboxylic acids is 2. The van der Waals surface area contributed by atoms with Crippen LogP contribution in [0.1, 0.15) is 26.7 Å². The molecule has 0 unspecified atom stereocenters. The molecule has 8 nitrogen and oxygen atoms in total. The molecule has 6 aromatic carbocycles. The van der Waals surface area contributed by atoms with Crippen molar-refractivity contribution in [3.05, 3.63) is 181 Å². The van der Waals surface area contributed by atoms with E-state index in [0.717, 1.165) is 39.1 Å². The van der Waals surface area contributed by atoms with Crippen molar-refractivity contribution in [3.63, 3.8) is 0 Å². The molecule has 294 valence electrons. The lowest BCUT2D eigenvalue weighted by atomic mass is 10.0. The van der Waals surface area contributed by atoms with Crippen LogP contribution in [0.15, 0.2) is 181 Å². The molecular formula is C50H46O8. The summed E-state index contributed by atoms with van der Waals surface area (Å²) in [6.07, 6.45) is 3.86. The first-order valence-corrected chi connectivity index (χ1v) is 19.2. The second-order valence-electron chi connectivity index (χ2n) is 13.3. The molecule has 58 heavy (non-hydrogen) atoms. The van der Waals surface area contributed by atoms with Gasteiger partial charge >= 0.3 is 11.9 Å². The molecular weight excluding hydrogens is 729 g/mol. The molecule has 6 aromatic rings. The van der Waals surface area contributed by atoms with Crippen LogP contribution in [-0.4, -0.2) is 38.4 Å². The molecule has 0 aliphatic carbocycles. The summed E-state index contributed by atoms with van der Waals surface area (Å²) < 4.78 is 34.1. The summed E-state index contributed by atoms with van der Waals surface area (Å²) in [5.41, 5.74) is 7.04. The van der Waals surface area contributed by atoms with E-state index in [4.69, 9.17) is 28.4 Å². The summed E-state index contributed by atoms with van der Waals surface area (Å²) in [5, 5.41) is 0. The minimum atomic E-state index is -0.445. The molecule has 6 rings (SSSR count). The number of hydrogen-bond acceptors (Lipinski definition) is 8. The Morgan fingerprint density at radius 1 is 0.414 bits per heavy atom. The number of benzene rings is 6. The molecule has 0 saturated heterocycles. The molecule has 0 aromatic heterocycles. The van der Waals surface area contributed by atoms with Crippen LogP contribution in [0, 0.1) is 0 Å². The van der Waals surface area contributed by atoms with Crippen LogP contribution in [0.2, 0.25) is 0 Å². The number of esters is 2. The molecule has 0 heterocycles. The highest BCUT2D eigenvalue weighted by molar-refractivity contribution is 5.88. The van der Waals surface area contributed by atoms with Crippen molar-refractivity contribution in [3.8, 4) is 56.4 Å². The Morgan fingerprint density at radius 3 is 1.31 bits per heavy atom.